The Morgan fingerprint density at radius 3 is 2.30 bits per heavy atom. The highest BCUT2D eigenvalue weighted by molar-refractivity contribution is 7.92. The predicted molar refractivity (Wildman–Crippen MR) is 124 cm³/mol. The third kappa shape index (κ3) is 5.71. The number of nitrogens with one attached hydrogen (secondary N) is 2. The first-order valence-electron chi connectivity index (χ1n) is 9.58. The molecular weight excluding hydrogens is 448 g/mol. The highest BCUT2D eigenvalue weighted by Gasteiger charge is 2.22. The van der Waals surface area contributed by atoms with Gasteiger partial charge in [0.05, 0.1) is 27.3 Å². The van der Waals surface area contributed by atoms with E-state index in [0.29, 0.717) is 11.3 Å². The van der Waals surface area contributed by atoms with Crippen LogP contribution < -0.4 is 10.1 Å². The van der Waals surface area contributed by atoms with Crippen molar-refractivity contribution in [3.8, 4) is 0 Å². The summed E-state index contributed by atoms with van der Waals surface area (Å²) in [5.41, 5.74) is 4.78. The number of aryl methyl sites for hydroxylation is 2. The Morgan fingerprint density at radius 2 is 1.70 bits per heavy atom. The smallest absolute Gasteiger partial charge is 0.335 e. The second-order valence-electron chi connectivity index (χ2n) is 7.16. The van der Waals surface area contributed by atoms with Crippen molar-refractivity contribution < 1.29 is 23.2 Å². The minimum atomic E-state index is -4.06. The van der Waals surface area contributed by atoms with Gasteiger partial charge in [-0.15, -0.1) is 0 Å². The molecule has 0 spiro atoms. The molecule has 0 atom stereocenters. The molecule has 11 heteroatoms. The number of rotatable bonds is 8. The second kappa shape index (κ2) is 9.49. The summed E-state index contributed by atoms with van der Waals surface area (Å²) in [6, 6.07) is 14.5. The van der Waals surface area contributed by atoms with Crippen LogP contribution in [-0.4, -0.2) is 30.6 Å². The Morgan fingerprint density at radius 1 is 1.03 bits per heavy atom. The molecule has 0 heterocycles. The quantitative estimate of drug-likeness (QED) is 0.255. The number of carboxylic acids is 1. The Labute approximate surface area is 189 Å². The molecule has 3 N–H and O–H groups in total. The summed E-state index contributed by atoms with van der Waals surface area (Å²) >= 11 is 0. The lowest BCUT2D eigenvalue weighted by atomic mass is 10.1. The number of nitro groups is 1. The lowest BCUT2D eigenvalue weighted by molar-refractivity contribution is -0.384. The van der Waals surface area contributed by atoms with E-state index in [1.165, 1.54) is 42.6 Å². The number of hydrogen-bond acceptors (Lipinski definition) is 7. The SMILES string of the molecule is Cc1ccc(NS(=O)(=O)c2ccc(N/N=C\c3ccc(C(=O)O)cc3)c([N+](=O)[O-])c2)c(C)c1. The minimum Gasteiger partial charge on any atom is -0.478 e. The first-order chi connectivity index (χ1) is 15.6. The van der Waals surface area contributed by atoms with Crippen LogP contribution in [0.25, 0.3) is 0 Å². The summed E-state index contributed by atoms with van der Waals surface area (Å²) in [6.07, 6.45) is 1.35. The number of carbonyl (C=O) groups is 1. The maximum atomic E-state index is 12.8. The maximum absolute atomic E-state index is 12.8. The van der Waals surface area contributed by atoms with Gasteiger partial charge in [-0.25, -0.2) is 13.2 Å². The summed E-state index contributed by atoms with van der Waals surface area (Å²) in [6.45, 7) is 3.64. The van der Waals surface area contributed by atoms with E-state index in [2.05, 4.69) is 15.2 Å². The number of sulfonamides is 1. The van der Waals surface area contributed by atoms with E-state index in [1.807, 2.05) is 13.0 Å². The number of nitrogens with zero attached hydrogens (tertiary/aromatic N) is 2. The highest BCUT2D eigenvalue weighted by Crippen LogP contribution is 2.29. The predicted octanol–water partition coefficient (Wildman–Crippen LogP) is 4.16. The van der Waals surface area contributed by atoms with Crippen molar-refractivity contribution in [2.24, 2.45) is 5.10 Å². The van der Waals surface area contributed by atoms with Gasteiger partial charge in [0.15, 0.2) is 0 Å². The standard InChI is InChI=1S/C22H20N4O6S/c1-14-3-9-19(15(2)11-14)25-33(31,32)18-8-10-20(21(12-18)26(29)30)24-23-13-16-4-6-17(7-5-16)22(27)28/h3-13,24-25H,1-2H3,(H,27,28)/b23-13-. The van der Waals surface area contributed by atoms with Crippen molar-refractivity contribution in [2.45, 2.75) is 18.7 Å². The number of nitro benzene ring substituents is 1. The van der Waals surface area contributed by atoms with Gasteiger partial charge >= 0.3 is 5.97 Å². The second-order valence-corrected chi connectivity index (χ2v) is 8.84. The summed E-state index contributed by atoms with van der Waals surface area (Å²) in [5, 5.41) is 24.4. The van der Waals surface area contributed by atoms with Gasteiger partial charge in [0.25, 0.3) is 15.7 Å². The van der Waals surface area contributed by atoms with Crippen LogP contribution >= 0.6 is 0 Å². The number of anilines is 2. The summed E-state index contributed by atoms with van der Waals surface area (Å²) in [4.78, 5) is 21.4. The molecule has 0 aliphatic rings. The number of hydrogen-bond donors (Lipinski definition) is 3. The Hall–Kier alpha value is -4.25. The highest BCUT2D eigenvalue weighted by atomic mass is 32.2. The minimum absolute atomic E-state index is 0.0103. The molecule has 0 bridgehead atoms. The molecule has 10 nitrogen and oxygen atoms in total. The normalized spacial score (nSPS) is 11.3. The monoisotopic (exact) mass is 468 g/mol. The average molecular weight is 468 g/mol. The first kappa shape index (κ1) is 23.4. The van der Waals surface area contributed by atoms with Gasteiger partial charge < -0.3 is 5.11 Å². The number of hydrazone groups is 1. The summed E-state index contributed by atoms with van der Waals surface area (Å²) < 4.78 is 28.0. The Bertz CT molecular complexity index is 1350. The molecule has 3 rings (SSSR count). The molecule has 0 amide bonds. The average Bonchev–Trinajstić information content (AvgIpc) is 2.76. The third-order valence-electron chi connectivity index (χ3n) is 4.66. The molecule has 0 aromatic heterocycles. The van der Waals surface area contributed by atoms with Crippen molar-refractivity contribution in [3.05, 3.63) is 93.0 Å². The Kier molecular flexibility index (Phi) is 6.73. The fraction of sp³-hybridized carbons (Fsp3) is 0.0909. The zero-order valence-electron chi connectivity index (χ0n) is 17.6. The zero-order valence-corrected chi connectivity index (χ0v) is 18.5. The number of benzene rings is 3. The molecule has 3 aromatic rings. The molecule has 0 saturated heterocycles. The molecule has 0 radical (unpaired) electrons. The van der Waals surface area contributed by atoms with Gasteiger partial charge in [-0.1, -0.05) is 29.8 Å². The van der Waals surface area contributed by atoms with Gasteiger partial charge in [0, 0.05) is 6.07 Å². The van der Waals surface area contributed by atoms with E-state index >= 15 is 0 Å². The molecule has 0 unspecified atom stereocenters. The van der Waals surface area contributed by atoms with Crippen molar-refractivity contribution in [1.29, 1.82) is 0 Å². The van der Waals surface area contributed by atoms with Crippen LogP contribution in [0.15, 0.2) is 70.7 Å². The van der Waals surface area contributed by atoms with Crippen LogP contribution in [0.2, 0.25) is 0 Å². The van der Waals surface area contributed by atoms with Crippen molar-refractivity contribution in [2.75, 3.05) is 10.1 Å². The lowest BCUT2D eigenvalue weighted by Crippen LogP contribution is -2.14. The third-order valence-corrected chi connectivity index (χ3v) is 6.02. The topological polar surface area (TPSA) is 151 Å². The molecule has 0 fully saturated rings. The van der Waals surface area contributed by atoms with Crippen LogP contribution in [0.4, 0.5) is 17.1 Å². The number of carboxylic acid groups (broad SMARTS) is 1. The van der Waals surface area contributed by atoms with E-state index in [9.17, 15) is 23.3 Å². The van der Waals surface area contributed by atoms with Crippen molar-refractivity contribution in [3.63, 3.8) is 0 Å². The van der Waals surface area contributed by atoms with Crippen LogP contribution in [0.3, 0.4) is 0 Å². The zero-order chi connectivity index (χ0) is 24.2. The summed E-state index contributed by atoms with van der Waals surface area (Å²) in [7, 11) is -4.06. The molecule has 0 saturated carbocycles. The lowest BCUT2D eigenvalue weighted by Gasteiger charge is -2.12. The molecule has 33 heavy (non-hydrogen) atoms. The number of aromatic carboxylic acids is 1. The molecule has 3 aromatic carbocycles. The van der Waals surface area contributed by atoms with Gasteiger partial charge in [-0.2, -0.15) is 5.10 Å². The van der Waals surface area contributed by atoms with E-state index in [-0.39, 0.29) is 16.1 Å². The fourth-order valence-corrected chi connectivity index (χ4v) is 4.09. The van der Waals surface area contributed by atoms with E-state index in [0.717, 1.165) is 17.2 Å². The van der Waals surface area contributed by atoms with Crippen molar-refractivity contribution >= 4 is 39.3 Å². The van der Waals surface area contributed by atoms with Gasteiger partial charge in [-0.3, -0.25) is 20.3 Å². The van der Waals surface area contributed by atoms with Crippen LogP contribution in [-0.2, 0) is 10.0 Å². The first-order valence-corrected chi connectivity index (χ1v) is 11.1. The van der Waals surface area contributed by atoms with E-state index in [1.54, 1.807) is 19.1 Å². The van der Waals surface area contributed by atoms with E-state index in [4.69, 9.17) is 5.11 Å². The van der Waals surface area contributed by atoms with Gasteiger partial charge in [0.1, 0.15) is 5.69 Å². The summed E-state index contributed by atoms with van der Waals surface area (Å²) in [5.74, 6) is -1.06. The fourth-order valence-electron chi connectivity index (χ4n) is 2.94. The Balaban J connectivity index is 1.82. The maximum Gasteiger partial charge on any atom is 0.335 e. The largest absolute Gasteiger partial charge is 0.478 e. The van der Waals surface area contributed by atoms with Crippen LogP contribution in [0.5, 0.6) is 0 Å². The molecule has 0 aliphatic heterocycles. The van der Waals surface area contributed by atoms with Crippen molar-refractivity contribution in [1.82, 2.24) is 0 Å². The van der Waals surface area contributed by atoms with E-state index < -0.39 is 26.6 Å². The molecule has 170 valence electrons. The van der Waals surface area contributed by atoms with Crippen LogP contribution in [0.1, 0.15) is 27.0 Å². The molecule has 0 aliphatic carbocycles. The molecular formula is C22H20N4O6S. The van der Waals surface area contributed by atoms with Gasteiger partial charge in [-0.05, 0) is 55.3 Å². The van der Waals surface area contributed by atoms with Gasteiger partial charge in [0.2, 0.25) is 0 Å². The van der Waals surface area contributed by atoms with Crippen LogP contribution in [0, 0.1) is 24.0 Å².